The van der Waals surface area contributed by atoms with Crippen LogP contribution >= 0.6 is 0 Å². The molecule has 0 saturated heterocycles. The molecule has 150 valence electrons. The lowest BCUT2D eigenvalue weighted by Gasteiger charge is -2.26. The monoisotopic (exact) mass is 406 g/mol. The molecule has 1 aliphatic rings. The van der Waals surface area contributed by atoms with Gasteiger partial charge in [0, 0.05) is 5.56 Å². The van der Waals surface area contributed by atoms with Crippen molar-refractivity contribution in [1.82, 2.24) is 0 Å². The first-order valence-corrected chi connectivity index (χ1v) is 9.97. The van der Waals surface area contributed by atoms with Crippen LogP contribution in [0.4, 0.5) is 0 Å². The van der Waals surface area contributed by atoms with Gasteiger partial charge in [-0.05, 0) is 46.7 Å². The minimum atomic E-state index is -0.834. The first kappa shape index (κ1) is 18.8. The zero-order chi connectivity index (χ0) is 21.2. The zero-order valence-electron chi connectivity index (χ0n) is 16.5. The number of rotatable bonds is 4. The van der Waals surface area contributed by atoms with E-state index in [2.05, 4.69) is 0 Å². The zero-order valence-corrected chi connectivity index (χ0v) is 16.5. The van der Waals surface area contributed by atoms with Crippen LogP contribution in [-0.4, -0.2) is 11.9 Å². The largest absolute Gasteiger partial charge is 0.446 e. The second kappa shape index (κ2) is 7.92. The lowest BCUT2D eigenvalue weighted by Crippen LogP contribution is -2.20. The lowest BCUT2D eigenvalue weighted by molar-refractivity contribution is 0.0204. The molecule has 4 heteroatoms. The highest BCUT2D eigenvalue weighted by Gasteiger charge is 2.31. The molecule has 0 heterocycles. The standard InChI is InChI=1S/C27H18O4/c28-26(19-9-3-1-4-10-19)30-23-17-21-15-7-13-18-14-8-16-22(24(18)21)25(23)31-27(29)20-11-5-2-6-12-20/h1-17,25H. The first-order chi connectivity index (χ1) is 15.2. The quantitative estimate of drug-likeness (QED) is 0.393. The van der Waals surface area contributed by atoms with Crippen molar-refractivity contribution in [2.24, 2.45) is 0 Å². The Bertz CT molecular complexity index is 1300. The van der Waals surface area contributed by atoms with Gasteiger partial charge in [0.05, 0.1) is 11.1 Å². The summed E-state index contributed by atoms with van der Waals surface area (Å²) in [5.41, 5.74) is 2.56. The molecule has 0 N–H and O–H groups in total. The molecule has 0 fully saturated rings. The smallest absolute Gasteiger partial charge is 0.343 e. The van der Waals surface area contributed by atoms with E-state index in [9.17, 15) is 9.59 Å². The fourth-order valence-electron chi connectivity index (χ4n) is 3.81. The Morgan fingerprint density at radius 1 is 0.645 bits per heavy atom. The highest BCUT2D eigenvalue weighted by Crippen LogP contribution is 2.40. The maximum Gasteiger partial charge on any atom is 0.343 e. The third kappa shape index (κ3) is 3.60. The first-order valence-electron chi connectivity index (χ1n) is 9.97. The number of esters is 2. The van der Waals surface area contributed by atoms with Gasteiger partial charge in [0.25, 0.3) is 0 Å². The van der Waals surface area contributed by atoms with Crippen molar-refractivity contribution in [2.45, 2.75) is 6.10 Å². The van der Waals surface area contributed by atoms with Crippen LogP contribution in [0.1, 0.15) is 37.9 Å². The van der Waals surface area contributed by atoms with Crippen molar-refractivity contribution < 1.29 is 19.1 Å². The third-order valence-corrected chi connectivity index (χ3v) is 5.26. The SMILES string of the molecule is O=C(OC1=Cc2cccc3cccc(c23)C1OC(=O)c1ccccc1)c1ccccc1. The second-order valence-corrected chi connectivity index (χ2v) is 7.25. The van der Waals surface area contributed by atoms with Crippen molar-refractivity contribution in [2.75, 3.05) is 0 Å². The number of benzene rings is 4. The van der Waals surface area contributed by atoms with Crippen LogP contribution in [0.5, 0.6) is 0 Å². The van der Waals surface area contributed by atoms with Crippen LogP contribution in [0, 0.1) is 0 Å². The van der Waals surface area contributed by atoms with E-state index in [1.807, 2.05) is 48.5 Å². The van der Waals surface area contributed by atoms with Crippen molar-refractivity contribution in [3.63, 3.8) is 0 Å². The predicted octanol–water partition coefficient (Wildman–Crippen LogP) is 5.95. The van der Waals surface area contributed by atoms with Gasteiger partial charge in [-0.1, -0.05) is 72.8 Å². The van der Waals surface area contributed by atoms with Crippen molar-refractivity contribution in [3.8, 4) is 0 Å². The Balaban J connectivity index is 1.56. The van der Waals surface area contributed by atoms with Gasteiger partial charge < -0.3 is 9.47 Å². The van der Waals surface area contributed by atoms with Crippen molar-refractivity contribution >= 4 is 28.8 Å². The van der Waals surface area contributed by atoms with Gasteiger partial charge in [-0.2, -0.15) is 0 Å². The van der Waals surface area contributed by atoms with Gasteiger partial charge in [0.15, 0.2) is 11.9 Å². The second-order valence-electron chi connectivity index (χ2n) is 7.25. The molecule has 4 aromatic rings. The van der Waals surface area contributed by atoms with Crippen LogP contribution in [0.2, 0.25) is 0 Å². The van der Waals surface area contributed by atoms with Crippen molar-refractivity contribution in [3.05, 3.63) is 125 Å². The van der Waals surface area contributed by atoms with E-state index in [4.69, 9.17) is 9.47 Å². The lowest BCUT2D eigenvalue weighted by atomic mass is 9.90. The Morgan fingerprint density at radius 3 is 1.94 bits per heavy atom. The number of carbonyl (C=O) groups excluding carboxylic acids is 2. The summed E-state index contributed by atoms with van der Waals surface area (Å²) in [5, 5.41) is 2.01. The molecule has 0 spiro atoms. The minimum Gasteiger partial charge on any atom is -0.446 e. The summed E-state index contributed by atoms with van der Waals surface area (Å²) < 4.78 is 11.6. The molecule has 0 aromatic heterocycles. The summed E-state index contributed by atoms with van der Waals surface area (Å²) in [5.74, 6) is -0.702. The summed E-state index contributed by atoms with van der Waals surface area (Å²) in [4.78, 5) is 25.6. The van der Waals surface area contributed by atoms with E-state index in [-0.39, 0.29) is 5.76 Å². The highest BCUT2D eigenvalue weighted by atomic mass is 16.6. The summed E-state index contributed by atoms with van der Waals surface area (Å²) in [7, 11) is 0. The average Bonchev–Trinajstić information content (AvgIpc) is 2.82. The Labute approximate surface area is 179 Å². The molecule has 0 amide bonds. The Kier molecular flexibility index (Phi) is 4.81. The predicted molar refractivity (Wildman–Crippen MR) is 118 cm³/mol. The van der Waals surface area contributed by atoms with Crippen LogP contribution < -0.4 is 0 Å². The van der Waals surface area contributed by atoms with E-state index in [1.165, 1.54) is 0 Å². The average molecular weight is 406 g/mol. The molecule has 0 saturated carbocycles. The molecule has 4 aromatic carbocycles. The fourth-order valence-corrected chi connectivity index (χ4v) is 3.81. The third-order valence-electron chi connectivity index (χ3n) is 5.26. The van der Waals surface area contributed by atoms with Gasteiger partial charge in [-0.25, -0.2) is 9.59 Å². The molecular weight excluding hydrogens is 388 g/mol. The molecule has 4 nitrogen and oxygen atoms in total. The van der Waals surface area contributed by atoms with E-state index < -0.39 is 18.0 Å². The number of hydrogen-bond donors (Lipinski definition) is 0. The summed E-state index contributed by atoms with van der Waals surface area (Å²) >= 11 is 0. The van der Waals surface area contributed by atoms with Crippen LogP contribution in [-0.2, 0) is 9.47 Å². The number of carbonyl (C=O) groups is 2. The Hall–Kier alpha value is -4.18. The number of hydrogen-bond acceptors (Lipinski definition) is 4. The fraction of sp³-hybridized carbons (Fsp3) is 0.0370. The van der Waals surface area contributed by atoms with E-state index in [0.29, 0.717) is 11.1 Å². The van der Waals surface area contributed by atoms with E-state index in [1.54, 1.807) is 54.6 Å². The molecule has 1 unspecified atom stereocenters. The van der Waals surface area contributed by atoms with Crippen LogP contribution in [0.25, 0.3) is 16.8 Å². The molecular formula is C27H18O4. The molecule has 5 rings (SSSR count). The van der Waals surface area contributed by atoms with Crippen LogP contribution in [0.3, 0.4) is 0 Å². The van der Waals surface area contributed by atoms with Crippen molar-refractivity contribution in [1.29, 1.82) is 0 Å². The molecule has 0 aliphatic heterocycles. The van der Waals surface area contributed by atoms with Gasteiger partial charge in [0.2, 0.25) is 0 Å². The molecule has 1 atom stereocenters. The van der Waals surface area contributed by atoms with E-state index >= 15 is 0 Å². The minimum absolute atomic E-state index is 0.282. The number of ether oxygens (including phenoxy) is 2. The van der Waals surface area contributed by atoms with Gasteiger partial charge >= 0.3 is 11.9 Å². The summed E-state index contributed by atoms with van der Waals surface area (Å²) in [6, 6.07) is 29.3. The molecule has 31 heavy (non-hydrogen) atoms. The van der Waals surface area contributed by atoms with Gasteiger partial charge in [-0.15, -0.1) is 0 Å². The van der Waals surface area contributed by atoms with Crippen LogP contribution in [0.15, 0.2) is 103 Å². The maximum atomic E-state index is 12.9. The Morgan fingerprint density at radius 2 is 1.26 bits per heavy atom. The maximum absolute atomic E-state index is 12.9. The highest BCUT2D eigenvalue weighted by molar-refractivity contribution is 5.98. The summed E-state index contributed by atoms with van der Waals surface area (Å²) in [6.07, 6.45) is 0.943. The topological polar surface area (TPSA) is 52.6 Å². The molecule has 0 bridgehead atoms. The molecule has 1 aliphatic carbocycles. The molecule has 0 radical (unpaired) electrons. The normalized spacial score (nSPS) is 14.6. The van der Waals surface area contributed by atoms with Gasteiger partial charge in [-0.3, -0.25) is 0 Å². The van der Waals surface area contributed by atoms with E-state index in [0.717, 1.165) is 21.9 Å². The summed E-state index contributed by atoms with van der Waals surface area (Å²) in [6.45, 7) is 0. The van der Waals surface area contributed by atoms with Gasteiger partial charge in [0.1, 0.15) is 0 Å².